The number of nitrogens with zero attached hydrogens (tertiary/aromatic N) is 3. The Bertz CT molecular complexity index is 1580. The van der Waals surface area contributed by atoms with E-state index in [1.807, 2.05) is 26.0 Å². The number of rotatable bonds is 4. The number of ketones is 1. The number of phenolic OH excluding ortho intramolecular Hbond substituents is 1. The second kappa shape index (κ2) is 9.03. The second-order valence-electron chi connectivity index (χ2n) is 8.38. The molecule has 3 heterocycles. The van der Waals surface area contributed by atoms with Gasteiger partial charge in [-0.05, 0) is 76.8 Å². The molecule has 2 aromatic carbocycles. The molecule has 0 saturated carbocycles. The minimum atomic E-state index is -1.02. The van der Waals surface area contributed by atoms with E-state index >= 15 is 0 Å². The van der Waals surface area contributed by atoms with E-state index in [4.69, 9.17) is 9.72 Å². The Morgan fingerprint density at radius 2 is 1.86 bits per heavy atom. The number of pyridine rings is 1. The van der Waals surface area contributed by atoms with Crippen molar-refractivity contribution in [1.82, 2.24) is 9.97 Å². The van der Waals surface area contributed by atoms with Gasteiger partial charge in [-0.1, -0.05) is 17.4 Å². The lowest BCUT2D eigenvalue weighted by molar-refractivity contribution is -0.132. The summed E-state index contributed by atoms with van der Waals surface area (Å²) in [6, 6.07) is 9.19. The smallest absolute Gasteiger partial charge is 0.301 e. The van der Waals surface area contributed by atoms with Crippen LogP contribution in [-0.2, 0) is 9.59 Å². The number of hydrogen-bond donors (Lipinski definition) is 2. The average Bonchev–Trinajstić information content (AvgIpc) is 3.39. The van der Waals surface area contributed by atoms with E-state index in [0.717, 1.165) is 21.3 Å². The highest BCUT2D eigenvalue weighted by Gasteiger charge is 2.48. The molecule has 1 aliphatic heterocycles. The zero-order chi connectivity index (χ0) is 25.7. The molecule has 5 rings (SSSR count). The van der Waals surface area contributed by atoms with Gasteiger partial charge in [0.25, 0.3) is 5.78 Å². The Morgan fingerprint density at radius 3 is 2.56 bits per heavy atom. The fourth-order valence-corrected chi connectivity index (χ4v) is 6.01. The number of benzene rings is 2. The predicted octanol–water partition coefficient (Wildman–Crippen LogP) is 5.41. The van der Waals surface area contributed by atoms with Crippen LogP contribution in [0, 0.1) is 13.8 Å². The topological polar surface area (TPSA) is 113 Å². The van der Waals surface area contributed by atoms with Crippen LogP contribution in [0.25, 0.3) is 16.0 Å². The molecular formula is C26H20BrN3O5S. The lowest BCUT2D eigenvalue weighted by atomic mass is 9.95. The van der Waals surface area contributed by atoms with Gasteiger partial charge >= 0.3 is 5.91 Å². The Hall–Kier alpha value is -3.76. The van der Waals surface area contributed by atoms with E-state index in [-0.39, 0.29) is 22.8 Å². The first-order chi connectivity index (χ1) is 17.2. The molecule has 4 aromatic rings. The lowest BCUT2D eigenvalue weighted by Gasteiger charge is -2.24. The third-order valence-corrected chi connectivity index (χ3v) is 7.62. The molecule has 0 aliphatic carbocycles. The van der Waals surface area contributed by atoms with Crippen molar-refractivity contribution in [3.63, 3.8) is 0 Å². The number of methoxy groups -OCH3 is 1. The van der Waals surface area contributed by atoms with Gasteiger partial charge in [-0.25, -0.2) is 4.98 Å². The molecule has 1 fully saturated rings. The highest BCUT2D eigenvalue weighted by atomic mass is 79.9. The van der Waals surface area contributed by atoms with E-state index in [1.165, 1.54) is 41.8 Å². The Morgan fingerprint density at radius 1 is 1.14 bits per heavy atom. The van der Waals surface area contributed by atoms with E-state index < -0.39 is 17.7 Å². The molecule has 2 aromatic heterocycles. The number of aliphatic hydroxyl groups is 1. The second-order valence-corrected chi connectivity index (χ2v) is 10.2. The average molecular weight is 566 g/mol. The van der Waals surface area contributed by atoms with Gasteiger partial charge in [0, 0.05) is 18.0 Å². The van der Waals surface area contributed by atoms with E-state index in [2.05, 4.69) is 20.9 Å². The van der Waals surface area contributed by atoms with Gasteiger partial charge in [0.15, 0.2) is 16.6 Å². The van der Waals surface area contributed by atoms with Gasteiger partial charge in [0.1, 0.15) is 5.76 Å². The van der Waals surface area contributed by atoms with Gasteiger partial charge in [0.2, 0.25) is 0 Å². The van der Waals surface area contributed by atoms with Crippen molar-refractivity contribution < 1.29 is 24.5 Å². The van der Waals surface area contributed by atoms with Gasteiger partial charge in [0.05, 0.1) is 33.4 Å². The van der Waals surface area contributed by atoms with Crippen molar-refractivity contribution in [3.8, 4) is 11.5 Å². The molecule has 0 spiro atoms. The zero-order valence-corrected chi connectivity index (χ0v) is 21.8. The maximum absolute atomic E-state index is 13.5. The highest BCUT2D eigenvalue weighted by molar-refractivity contribution is 9.10. The summed E-state index contributed by atoms with van der Waals surface area (Å²) in [6.07, 6.45) is 2.97. The number of fused-ring (bicyclic) bond motifs is 1. The van der Waals surface area contributed by atoms with Gasteiger partial charge in [-0.15, -0.1) is 0 Å². The van der Waals surface area contributed by atoms with Crippen molar-refractivity contribution in [2.75, 3.05) is 12.0 Å². The number of aromatic hydroxyl groups is 1. The Balaban J connectivity index is 1.79. The molecule has 2 N–H and O–H groups in total. The molecule has 1 saturated heterocycles. The number of carbonyl (C=O) groups excluding carboxylic acids is 2. The minimum Gasteiger partial charge on any atom is -0.507 e. The SMILES string of the molecule is COc1cc(C2C(=C(O)c3ccncc3)C(=O)C(=O)N2c2nc3c(C)cc(C)cc3s2)cc(Br)c1O. The molecule has 0 radical (unpaired) electrons. The number of carbonyl (C=O) groups is 2. The molecule has 10 heteroatoms. The maximum Gasteiger partial charge on any atom is 0.301 e. The third-order valence-electron chi connectivity index (χ3n) is 6.01. The quantitative estimate of drug-likeness (QED) is 0.193. The van der Waals surface area contributed by atoms with E-state index in [9.17, 15) is 19.8 Å². The summed E-state index contributed by atoms with van der Waals surface area (Å²) in [4.78, 5) is 36.8. The van der Waals surface area contributed by atoms with E-state index in [0.29, 0.717) is 20.7 Å². The van der Waals surface area contributed by atoms with Crippen LogP contribution in [0.15, 0.2) is 58.8 Å². The molecular weight excluding hydrogens is 546 g/mol. The number of Topliss-reactive ketones (excluding diaryl/α,β-unsaturated/α-hetero) is 1. The fourth-order valence-electron chi connectivity index (χ4n) is 4.38. The lowest BCUT2D eigenvalue weighted by Crippen LogP contribution is -2.29. The van der Waals surface area contributed by atoms with E-state index in [1.54, 1.807) is 18.2 Å². The maximum atomic E-state index is 13.5. The number of halogens is 1. The zero-order valence-electron chi connectivity index (χ0n) is 19.4. The van der Waals surface area contributed by atoms with Crippen molar-refractivity contribution >= 4 is 60.1 Å². The number of hydrogen-bond acceptors (Lipinski definition) is 8. The van der Waals surface area contributed by atoms with Crippen LogP contribution < -0.4 is 9.64 Å². The van der Waals surface area contributed by atoms with Crippen molar-refractivity contribution in [1.29, 1.82) is 0 Å². The van der Waals surface area contributed by atoms with Crippen molar-refractivity contribution in [2.24, 2.45) is 0 Å². The normalized spacial score (nSPS) is 17.2. The van der Waals surface area contributed by atoms with Crippen LogP contribution in [-0.4, -0.2) is 39.0 Å². The monoisotopic (exact) mass is 565 g/mol. The van der Waals surface area contributed by atoms with Crippen LogP contribution in [0.4, 0.5) is 5.13 Å². The molecule has 0 bridgehead atoms. The number of thiazole rings is 1. The van der Waals surface area contributed by atoms with Crippen LogP contribution >= 0.6 is 27.3 Å². The first-order valence-electron chi connectivity index (χ1n) is 10.9. The summed E-state index contributed by atoms with van der Waals surface area (Å²) < 4.78 is 6.49. The predicted molar refractivity (Wildman–Crippen MR) is 140 cm³/mol. The Kier molecular flexibility index (Phi) is 6.01. The number of anilines is 1. The molecule has 36 heavy (non-hydrogen) atoms. The van der Waals surface area contributed by atoms with Crippen LogP contribution in [0.3, 0.4) is 0 Å². The number of aromatic nitrogens is 2. The summed E-state index contributed by atoms with van der Waals surface area (Å²) >= 11 is 4.61. The summed E-state index contributed by atoms with van der Waals surface area (Å²) in [5.74, 6) is -1.97. The molecule has 182 valence electrons. The van der Waals surface area contributed by atoms with Gasteiger partial charge < -0.3 is 14.9 Å². The standard InChI is InChI=1S/C26H20BrN3O5S/c1-12-8-13(2)20-18(9-12)36-26(29-20)30-21(15-10-16(27)23(32)17(11-15)35-3)19(24(33)25(30)34)22(31)14-4-6-28-7-5-14/h4-11,21,31-32H,1-3H3. The number of ether oxygens (including phenoxy) is 1. The molecule has 1 amide bonds. The minimum absolute atomic E-state index is 0.0991. The van der Waals surface area contributed by atoms with Crippen molar-refractivity contribution in [2.45, 2.75) is 19.9 Å². The summed E-state index contributed by atoms with van der Waals surface area (Å²) in [6.45, 7) is 3.92. The fraction of sp³-hybridized carbons (Fsp3) is 0.154. The number of amides is 1. The van der Waals surface area contributed by atoms with Crippen molar-refractivity contribution in [3.05, 3.63) is 81.1 Å². The molecule has 1 atom stereocenters. The Labute approximate surface area is 218 Å². The summed E-state index contributed by atoms with van der Waals surface area (Å²) in [5.41, 5.74) is 3.43. The highest BCUT2D eigenvalue weighted by Crippen LogP contribution is 2.47. The van der Waals surface area contributed by atoms with Crippen LogP contribution in [0.5, 0.6) is 11.5 Å². The largest absolute Gasteiger partial charge is 0.507 e. The first kappa shape index (κ1) is 24.0. The number of phenols is 1. The van der Waals surface area contributed by atoms with Gasteiger partial charge in [-0.3, -0.25) is 19.5 Å². The van der Waals surface area contributed by atoms with Crippen LogP contribution in [0.1, 0.15) is 28.3 Å². The molecule has 8 nitrogen and oxygen atoms in total. The molecule has 1 unspecified atom stereocenters. The summed E-state index contributed by atoms with van der Waals surface area (Å²) in [5, 5.41) is 21.9. The number of aliphatic hydroxyl groups excluding tert-OH is 1. The number of aryl methyl sites for hydroxylation is 2. The van der Waals surface area contributed by atoms with Gasteiger partial charge in [-0.2, -0.15) is 0 Å². The third kappa shape index (κ3) is 3.82. The van der Waals surface area contributed by atoms with Crippen LogP contribution in [0.2, 0.25) is 0 Å². The first-order valence-corrected chi connectivity index (χ1v) is 12.5. The summed E-state index contributed by atoms with van der Waals surface area (Å²) in [7, 11) is 1.40. The molecule has 1 aliphatic rings.